The Balaban J connectivity index is 1.39. The third-order valence-corrected chi connectivity index (χ3v) is 4.99. The van der Waals surface area contributed by atoms with Crippen LogP contribution in [-0.2, 0) is 29.0 Å². The molecule has 4 rings (SSSR count). The third-order valence-electron chi connectivity index (χ3n) is 4.99. The molecule has 0 spiro atoms. The maximum absolute atomic E-state index is 12.5. The van der Waals surface area contributed by atoms with E-state index in [1.54, 1.807) is 9.80 Å². The molecule has 0 unspecified atom stereocenters. The molecule has 7 nitrogen and oxygen atoms in total. The van der Waals surface area contributed by atoms with Gasteiger partial charge in [0.05, 0.1) is 18.8 Å². The molecule has 0 saturated carbocycles. The molecule has 1 atom stereocenters. The van der Waals surface area contributed by atoms with Crippen molar-refractivity contribution in [1.82, 2.24) is 4.90 Å². The van der Waals surface area contributed by atoms with E-state index in [4.69, 9.17) is 14.6 Å². The zero-order valence-electron chi connectivity index (χ0n) is 15.4. The number of anilines is 1. The second-order valence-electron chi connectivity index (χ2n) is 6.97. The van der Waals surface area contributed by atoms with Crippen LogP contribution in [0.2, 0.25) is 0 Å². The predicted octanol–water partition coefficient (Wildman–Crippen LogP) is 2.70. The summed E-state index contributed by atoms with van der Waals surface area (Å²) in [6.45, 7) is 1.44. The molecule has 1 N–H and O–H groups in total. The van der Waals surface area contributed by atoms with Crippen molar-refractivity contribution in [1.29, 1.82) is 0 Å². The number of hydrogen-bond donors (Lipinski definition) is 1. The van der Waals surface area contributed by atoms with Crippen LogP contribution in [-0.4, -0.2) is 48.0 Å². The standard InChI is InChI=1S/C21H22N2O5/c24-13-18-12-22(20(25)28-18)11-16-6-7-19-17(10-16)8-9-23(19)21(26)27-14-15-4-2-1-3-5-15/h1-7,10,18,24H,8-9,11-14H2/t18-/m1/s1. The minimum Gasteiger partial charge on any atom is -0.444 e. The van der Waals surface area contributed by atoms with Gasteiger partial charge in [0, 0.05) is 13.1 Å². The number of aliphatic hydroxyl groups excluding tert-OH is 1. The van der Waals surface area contributed by atoms with Crippen LogP contribution in [0, 0.1) is 0 Å². The molecule has 146 valence electrons. The summed E-state index contributed by atoms with van der Waals surface area (Å²) < 4.78 is 10.5. The third kappa shape index (κ3) is 3.80. The van der Waals surface area contributed by atoms with Crippen LogP contribution in [0.4, 0.5) is 15.3 Å². The molecular weight excluding hydrogens is 360 g/mol. The van der Waals surface area contributed by atoms with Crippen LogP contribution in [0.25, 0.3) is 0 Å². The summed E-state index contributed by atoms with van der Waals surface area (Å²) in [6, 6.07) is 15.4. The summed E-state index contributed by atoms with van der Waals surface area (Å²) in [4.78, 5) is 27.5. The predicted molar refractivity (Wildman–Crippen MR) is 102 cm³/mol. The van der Waals surface area contributed by atoms with Gasteiger partial charge in [0.25, 0.3) is 0 Å². The van der Waals surface area contributed by atoms with Crippen LogP contribution in [0.15, 0.2) is 48.5 Å². The molecule has 2 aliphatic rings. The Morgan fingerprint density at radius 2 is 2.00 bits per heavy atom. The van der Waals surface area contributed by atoms with Gasteiger partial charge < -0.3 is 19.5 Å². The SMILES string of the molecule is O=C1O[C@@H](CO)CN1Cc1ccc2c(c1)CCN2C(=O)OCc1ccccc1. The molecule has 0 radical (unpaired) electrons. The topological polar surface area (TPSA) is 79.3 Å². The van der Waals surface area contributed by atoms with Crippen molar-refractivity contribution in [3.63, 3.8) is 0 Å². The highest BCUT2D eigenvalue weighted by Crippen LogP contribution is 2.30. The lowest BCUT2D eigenvalue weighted by Gasteiger charge is -2.18. The summed E-state index contributed by atoms with van der Waals surface area (Å²) >= 11 is 0. The Bertz CT molecular complexity index is 870. The maximum Gasteiger partial charge on any atom is 0.414 e. The van der Waals surface area contributed by atoms with E-state index < -0.39 is 12.2 Å². The number of aliphatic hydroxyl groups is 1. The molecule has 0 bridgehead atoms. The fourth-order valence-electron chi connectivity index (χ4n) is 3.56. The van der Waals surface area contributed by atoms with Crippen LogP contribution in [0.3, 0.4) is 0 Å². The smallest absolute Gasteiger partial charge is 0.414 e. The highest BCUT2D eigenvalue weighted by Gasteiger charge is 2.31. The largest absolute Gasteiger partial charge is 0.444 e. The number of hydrogen-bond acceptors (Lipinski definition) is 5. The van der Waals surface area contributed by atoms with Gasteiger partial charge in [0.1, 0.15) is 12.7 Å². The van der Waals surface area contributed by atoms with Crippen LogP contribution in [0.5, 0.6) is 0 Å². The molecule has 2 aliphatic heterocycles. The van der Waals surface area contributed by atoms with Crippen LogP contribution >= 0.6 is 0 Å². The van der Waals surface area contributed by atoms with Crippen molar-refractivity contribution < 1.29 is 24.2 Å². The van der Waals surface area contributed by atoms with E-state index in [0.717, 1.165) is 28.8 Å². The molecule has 1 fully saturated rings. The summed E-state index contributed by atoms with van der Waals surface area (Å²) in [7, 11) is 0. The lowest BCUT2D eigenvalue weighted by atomic mass is 10.1. The van der Waals surface area contributed by atoms with Gasteiger partial charge in [-0.25, -0.2) is 9.59 Å². The van der Waals surface area contributed by atoms with Gasteiger partial charge in [-0.15, -0.1) is 0 Å². The summed E-state index contributed by atoms with van der Waals surface area (Å²) in [5, 5.41) is 9.14. The number of benzene rings is 2. The number of rotatable bonds is 5. The number of carbonyl (C=O) groups excluding carboxylic acids is 2. The molecule has 2 amide bonds. The summed E-state index contributed by atoms with van der Waals surface area (Å²) in [6.07, 6.45) is -0.487. The first-order valence-electron chi connectivity index (χ1n) is 9.30. The Morgan fingerprint density at radius 3 is 2.75 bits per heavy atom. The fourth-order valence-corrected chi connectivity index (χ4v) is 3.56. The quantitative estimate of drug-likeness (QED) is 0.860. The average molecular weight is 382 g/mol. The minimum atomic E-state index is -0.461. The highest BCUT2D eigenvalue weighted by molar-refractivity contribution is 5.90. The summed E-state index contributed by atoms with van der Waals surface area (Å²) in [5.41, 5.74) is 3.82. The molecule has 2 heterocycles. The van der Waals surface area contributed by atoms with Gasteiger partial charge in [-0.1, -0.05) is 42.5 Å². The highest BCUT2D eigenvalue weighted by atomic mass is 16.6. The van der Waals surface area contributed by atoms with Crippen LogP contribution in [0.1, 0.15) is 16.7 Å². The number of carbonyl (C=O) groups is 2. The van der Waals surface area contributed by atoms with Crippen LogP contribution < -0.4 is 4.90 Å². The first kappa shape index (κ1) is 18.3. The van der Waals surface area contributed by atoms with E-state index in [-0.39, 0.29) is 19.3 Å². The number of nitrogens with zero attached hydrogens (tertiary/aromatic N) is 2. The number of fused-ring (bicyclic) bond motifs is 1. The molecule has 2 aromatic carbocycles. The molecular formula is C21H22N2O5. The fraction of sp³-hybridized carbons (Fsp3) is 0.333. The molecule has 7 heteroatoms. The lowest BCUT2D eigenvalue weighted by Crippen LogP contribution is -2.29. The zero-order chi connectivity index (χ0) is 19.5. The lowest BCUT2D eigenvalue weighted by molar-refractivity contribution is 0.0946. The van der Waals surface area contributed by atoms with Crippen molar-refractivity contribution in [2.45, 2.75) is 25.7 Å². The van der Waals surface area contributed by atoms with Gasteiger partial charge in [-0.3, -0.25) is 4.90 Å². The van der Waals surface area contributed by atoms with E-state index in [2.05, 4.69) is 0 Å². The second-order valence-corrected chi connectivity index (χ2v) is 6.97. The molecule has 1 saturated heterocycles. The first-order chi connectivity index (χ1) is 13.6. The Labute approximate surface area is 163 Å². The van der Waals surface area contributed by atoms with Gasteiger partial charge in [0.2, 0.25) is 0 Å². The van der Waals surface area contributed by atoms with Crippen molar-refractivity contribution in [3.05, 3.63) is 65.2 Å². The Kier molecular flexibility index (Phi) is 5.16. The van der Waals surface area contributed by atoms with Crippen molar-refractivity contribution >= 4 is 17.9 Å². The van der Waals surface area contributed by atoms with Crippen molar-refractivity contribution in [3.8, 4) is 0 Å². The average Bonchev–Trinajstić information content (AvgIpc) is 3.30. The van der Waals surface area contributed by atoms with Crippen molar-refractivity contribution in [2.24, 2.45) is 0 Å². The minimum absolute atomic E-state index is 0.174. The van der Waals surface area contributed by atoms with Gasteiger partial charge in [-0.2, -0.15) is 0 Å². The molecule has 2 aromatic rings. The molecule has 0 aromatic heterocycles. The van der Waals surface area contributed by atoms with E-state index in [0.29, 0.717) is 19.6 Å². The van der Waals surface area contributed by atoms with E-state index in [1.165, 1.54) is 0 Å². The van der Waals surface area contributed by atoms with E-state index in [9.17, 15) is 9.59 Å². The van der Waals surface area contributed by atoms with E-state index in [1.807, 2.05) is 48.5 Å². The Morgan fingerprint density at radius 1 is 1.18 bits per heavy atom. The first-order valence-corrected chi connectivity index (χ1v) is 9.30. The number of amides is 2. The Hall–Kier alpha value is -3.06. The maximum atomic E-state index is 12.5. The summed E-state index contributed by atoms with van der Waals surface area (Å²) in [5.74, 6) is 0. The van der Waals surface area contributed by atoms with Gasteiger partial charge in [-0.05, 0) is 29.2 Å². The van der Waals surface area contributed by atoms with Gasteiger partial charge >= 0.3 is 12.2 Å². The van der Waals surface area contributed by atoms with E-state index >= 15 is 0 Å². The monoisotopic (exact) mass is 382 g/mol. The second kappa shape index (κ2) is 7.90. The number of cyclic esters (lactones) is 1. The normalized spacial score (nSPS) is 18.2. The van der Waals surface area contributed by atoms with Crippen molar-refractivity contribution in [2.75, 3.05) is 24.6 Å². The van der Waals surface area contributed by atoms with Gasteiger partial charge in [0.15, 0.2) is 0 Å². The molecule has 0 aliphatic carbocycles. The molecule has 28 heavy (non-hydrogen) atoms. The number of ether oxygens (including phenoxy) is 2. The zero-order valence-corrected chi connectivity index (χ0v) is 15.4.